The van der Waals surface area contributed by atoms with Crippen molar-refractivity contribution >= 4 is 19.7 Å². The van der Waals surface area contributed by atoms with Gasteiger partial charge in [-0.3, -0.25) is 9.59 Å². The Morgan fingerprint density at radius 3 is 2.55 bits per heavy atom. The Bertz CT molecular complexity index is 397. The molecule has 0 aromatic rings. The van der Waals surface area contributed by atoms with Crippen LogP contribution < -0.4 is 5.23 Å². The second-order valence-electron chi connectivity index (χ2n) is 5.54. The van der Waals surface area contributed by atoms with Gasteiger partial charge in [-0.05, 0) is 32.1 Å². The molecule has 110 valence electrons. The van der Waals surface area contributed by atoms with Crippen molar-refractivity contribution in [2.45, 2.75) is 51.2 Å². The standard InChI is InChI=1S/C15H25BN2O2/c1-5-7-12(17-16)15(20)18-13(8-6-2)10(3)9-14(18)11(4)19/h5-6,10,12-14,17H,1-2,7-9,16H2,3-4H3/t10?,12?,13?,14-/m0/s1. The van der Waals surface area contributed by atoms with Crippen LogP contribution in [-0.2, 0) is 9.59 Å². The van der Waals surface area contributed by atoms with Crippen molar-refractivity contribution in [3.63, 3.8) is 0 Å². The maximum atomic E-state index is 12.7. The van der Waals surface area contributed by atoms with E-state index in [4.69, 9.17) is 0 Å². The molecule has 1 fully saturated rings. The molecule has 4 atom stereocenters. The van der Waals surface area contributed by atoms with E-state index in [0.29, 0.717) is 12.3 Å². The Balaban J connectivity index is 3.04. The molecule has 0 bridgehead atoms. The predicted octanol–water partition coefficient (Wildman–Crippen LogP) is 0.839. The third-order valence-corrected chi connectivity index (χ3v) is 4.13. The first kappa shape index (κ1) is 16.7. The van der Waals surface area contributed by atoms with Gasteiger partial charge < -0.3 is 10.1 Å². The summed E-state index contributed by atoms with van der Waals surface area (Å²) in [6.45, 7) is 11.1. The van der Waals surface area contributed by atoms with Crippen LogP contribution in [0, 0.1) is 5.92 Å². The van der Waals surface area contributed by atoms with Crippen molar-refractivity contribution in [2.24, 2.45) is 5.92 Å². The van der Waals surface area contributed by atoms with E-state index in [1.165, 1.54) is 0 Å². The highest BCUT2D eigenvalue weighted by atomic mass is 16.2. The number of rotatable bonds is 7. The van der Waals surface area contributed by atoms with Gasteiger partial charge in [-0.2, -0.15) is 0 Å². The Morgan fingerprint density at radius 2 is 2.10 bits per heavy atom. The highest BCUT2D eigenvalue weighted by molar-refractivity contribution is 6.07. The molecule has 3 unspecified atom stereocenters. The summed E-state index contributed by atoms with van der Waals surface area (Å²) in [5, 5.41) is 3.02. The lowest BCUT2D eigenvalue weighted by Gasteiger charge is -2.33. The van der Waals surface area contributed by atoms with Gasteiger partial charge in [0.1, 0.15) is 0 Å². The van der Waals surface area contributed by atoms with Crippen LogP contribution in [0.2, 0.25) is 0 Å². The summed E-state index contributed by atoms with van der Waals surface area (Å²) >= 11 is 0. The lowest BCUT2D eigenvalue weighted by atomic mass is 9.98. The monoisotopic (exact) mass is 276 g/mol. The number of carbonyl (C=O) groups excluding carboxylic acids is 2. The Morgan fingerprint density at radius 1 is 1.45 bits per heavy atom. The Kier molecular flexibility index (Phi) is 6.21. The van der Waals surface area contributed by atoms with Gasteiger partial charge in [0.05, 0.1) is 12.1 Å². The van der Waals surface area contributed by atoms with Crippen LogP contribution in [0.3, 0.4) is 0 Å². The Hall–Kier alpha value is -1.36. The minimum atomic E-state index is -0.313. The van der Waals surface area contributed by atoms with E-state index in [1.54, 1.807) is 25.9 Å². The molecule has 0 aromatic carbocycles. The molecule has 1 saturated heterocycles. The number of amides is 1. The summed E-state index contributed by atoms with van der Waals surface area (Å²) < 4.78 is 0. The first-order chi connectivity index (χ1) is 9.47. The molecule has 1 amide bonds. The zero-order valence-corrected chi connectivity index (χ0v) is 12.8. The van der Waals surface area contributed by atoms with Crippen LogP contribution in [0.25, 0.3) is 0 Å². The normalized spacial score (nSPS) is 27.1. The number of Topliss-reactive ketones (excluding diaryl/α,β-unsaturated/α-hetero) is 1. The number of carbonyl (C=O) groups is 2. The first-order valence-electron chi connectivity index (χ1n) is 7.19. The smallest absolute Gasteiger partial charge is 0.239 e. The van der Waals surface area contributed by atoms with Crippen molar-refractivity contribution in [1.29, 1.82) is 0 Å². The quantitative estimate of drug-likeness (QED) is 0.554. The molecule has 1 N–H and O–H groups in total. The fourth-order valence-electron chi connectivity index (χ4n) is 3.01. The number of ketones is 1. The maximum Gasteiger partial charge on any atom is 0.239 e. The van der Waals surface area contributed by atoms with Crippen LogP contribution >= 0.6 is 0 Å². The summed E-state index contributed by atoms with van der Waals surface area (Å²) in [6, 6.07) is -0.551. The van der Waals surface area contributed by atoms with Crippen LogP contribution in [0.4, 0.5) is 0 Å². The van der Waals surface area contributed by atoms with Crippen molar-refractivity contribution < 1.29 is 9.59 Å². The molecule has 1 aliphatic rings. The molecule has 4 nitrogen and oxygen atoms in total. The second kappa shape index (κ2) is 7.43. The molecule has 0 aromatic heterocycles. The average molecular weight is 276 g/mol. The summed E-state index contributed by atoms with van der Waals surface area (Å²) in [7, 11) is 1.76. The van der Waals surface area contributed by atoms with Gasteiger partial charge in [0.25, 0.3) is 0 Å². The molecule has 0 radical (unpaired) electrons. The molecular weight excluding hydrogens is 251 g/mol. The van der Waals surface area contributed by atoms with Crippen molar-refractivity contribution in [1.82, 2.24) is 10.1 Å². The van der Waals surface area contributed by atoms with Gasteiger partial charge in [-0.25, -0.2) is 0 Å². The molecule has 0 saturated carbocycles. The van der Waals surface area contributed by atoms with Crippen LogP contribution in [0.15, 0.2) is 25.3 Å². The van der Waals surface area contributed by atoms with E-state index in [2.05, 4.69) is 25.3 Å². The maximum absolute atomic E-state index is 12.7. The molecule has 1 aliphatic heterocycles. The minimum Gasteiger partial charge on any atom is -0.352 e. The summed E-state index contributed by atoms with van der Waals surface area (Å²) in [6.07, 6.45) is 5.58. The van der Waals surface area contributed by atoms with Crippen LogP contribution in [-0.4, -0.2) is 42.7 Å². The van der Waals surface area contributed by atoms with Crippen molar-refractivity contribution in [3.05, 3.63) is 25.3 Å². The highest BCUT2D eigenvalue weighted by Gasteiger charge is 2.44. The molecule has 0 spiro atoms. The van der Waals surface area contributed by atoms with E-state index >= 15 is 0 Å². The number of hydrogen-bond donors (Lipinski definition) is 1. The van der Waals surface area contributed by atoms with E-state index in [9.17, 15) is 9.59 Å². The second-order valence-corrected chi connectivity index (χ2v) is 5.54. The lowest BCUT2D eigenvalue weighted by Crippen LogP contribution is -2.52. The van der Waals surface area contributed by atoms with Crippen LogP contribution in [0.1, 0.15) is 33.1 Å². The highest BCUT2D eigenvalue weighted by Crippen LogP contribution is 2.33. The molecule has 1 heterocycles. The van der Waals surface area contributed by atoms with Gasteiger partial charge in [-0.1, -0.05) is 19.1 Å². The van der Waals surface area contributed by atoms with E-state index in [0.717, 1.165) is 12.8 Å². The van der Waals surface area contributed by atoms with Gasteiger partial charge in [0.15, 0.2) is 13.8 Å². The molecule has 1 rings (SSSR count). The largest absolute Gasteiger partial charge is 0.352 e. The molecule has 0 aliphatic carbocycles. The summed E-state index contributed by atoms with van der Waals surface area (Å²) in [5.41, 5.74) is 0. The summed E-state index contributed by atoms with van der Waals surface area (Å²) in [5.74, 6) is 0.362. The van der Waals surface area contributed by atoms with E-state index in [1.807, 2.05) is 6.08 Å². The molecular formula is C15H25BN2O2. The SMILES string of the molecule is BNC(CC=C)C(=O)N1C(CC=C)C(C)C[C@H]1C(C)=O. The van der Waals surface area contributed by atoms with Gasteiger partial charge in [0, 0.05) is 6.04 Å². The van der Waals surface area contributed by atoms with Crippen molar-refractivity contribution in [3.8, 4) is 0 Å². The fraction of sp³-hybridized carbons (Fsp3) is 0.600. The third-order valence-electron chi connectivity index (χ3n) is 4.13. The third kappa shape index (κ3) is 3.39. The van der Waals surface area contributed by atoms with Gasteiger partial charge in [0.2, 0.25) is 5.91 Å². The Labute approximate surface area is 122 Å². The zero-order chi connectivity index (χ0) is 15.3. The fourth-order valence-corrected chi connectivity index (χ4v) is 3.01. The van der Waals surface area contributed by atoms with Crippen molar-refractivity contribution in [2.75, 3.05) is 0 Å². The van der Waals surface area contributed by atoms with E-state index in [-0.39, 0.29) is 29.8 Å². The van der Waals surface area contributed by atoms with Crippen LogP contribution in [0.5, 0.6) is 0 Å². The van der Waals surface area contributed by atoms with Gasteiger partial charge in [-0.15, -0.1) is 13.2 Å². The number of nitrogens with one attached hydrogen (secondary N) is 1. The summed E-state index contributed by atoms with van der Waals surface area (Å²) in [4.78, 5) is 26.4. The minimum absolute atomic E-state index is 0.0104. The zero-order valence-electron chi connectivity index (χ0n) is 12.8. The molecule has 20 heavy (non-hydrogen) atoms. The number of likely N-dealkylation sites (tertiary alicyclic amines) is 1. The topological polar surface area (TPSA) is 49.4 Å². The lowest BCUT2D eigenvalue weighted by molar-refractivity contribution is -0.140. The first-order valence-corrected chi connectivity index (χ1v) is 7.19. The van der Waals surface area contributed by atoms with E-state index < -0.39 is 0 Å². The number of hydrogen-bond acceptors (Lipinski definition) is 3. The van der Waals surface area contributed by atoms with Gasteiger partial charge >= 0.3 is 0 Å². The number of nitrogens with zero attached hydrogens (tertiary/aromatic N) is 1. The predicted molar refractivity (Wildman–Crippen MR) is 84.0 cm³/mol. The average Bonchev–Trinajstić information content (AvgIpc) is 2.73. The molecule has 5 heteroatoms.